The Morgan fingerprint density at radius 3 is 1.16 bits per heavy atom. The van der Waals surface area contributed by atoms with E-state index >= 15 is 0 Å². The molecule has 0 aromatic rings. The zero-order valence-corrected chi connectivity index (χ0v) is 35.4. The van der Waals surface area contributed by atoms with Gasteiger partial charge in [0, 0.05) is 26.2 Å². The largest absolute Gasteiger partial charge is 0.480 e. The lowest BCUT2D eigenvalue weighted by atomic mass is 9.95. The number of nitrogens with zero attached hydrogens (tertiary/aromatic N) is 2. The Balaban J connectivity index is -0.000000381. The molecule has 0 aliphatic carbocycles. The second-order valence-electron chi connectivity index (χ2n) is 13.6. The maximum atomic E-state index is 12.6. The number of carbonyl (C=O) groups is 4. The lowest BCUT2D eigenvalue weighted by molar-refractivity contribution is -0.137. The molecule has 0 saturated carbocycles. The van der Waals surface area contributed by atoms with Crippen molar-refractivity contribution in [2.24, 2.45) is 29.4 Å². The number of carboxylic acid groups (broad SMARTS) is 2. The SMILES string of the molecule is CCCCC(CC)CN(CC(CC)CCC)C(=O)CCl.CCCCC(CC)CN(CC(CC)CCCC)C(=O)CNCC(=O)O.Cl.NCC(=O)O. The summed E-state index contributed by atoms with van der Waals surface area (Å²) in [7, 11) is 0. The third kappa shape index (κ3) is 33.9. The summed E-state index contributed by atoms with van der Waals surface area (Å²) < 4.78 is 0. The molecule has 0 saturated heterocycles. The van der Waals surface area contributed by atoms with Crippen LogP contribution >= 0.6 is 24.0 Å². The quantitative estimate of drug-likeness (QED) is 0.0553. The maximum Gasteiger partial charge on any atom is 0.317 e. The number of carbonyl (C=O) groups excluding carboxylic acids is 2. The number of rotatable bonds is 29. The molecule has 10 nitrogen and oxygen atoms in total. The van der Waals surface area contributed by atoms with Crippen molar-refractivity contribution in [2.75, 3.05) is 51.7 Å². The molecule has 0 aliphatic rings. The molecule has 5 N–H and O–H groups in total. The molecular formula is C39H80Cl2N4O6. The van der Waals surface area contributed by atoms with E-state index in [1.165, 1.54) is 57.8 Å². The molecule has 4 unspecified atom stereocenters. The molecule has 0 rings (SSSR count). The number of halogens is 2. The van der Waals surface area contributed by atoms with Crippen LogP contribution in [0.15, 0.2) is 0 Å². The van der Waals surface area contributed by atoms with Crippen LogP contribution in [0.3, 0.4) is 0 Å². The van der Waals surface area contributed by atoms with Gasteiger partial charge in [0.25, 0.3) is 0 Å². The van der Waals surface area contributed by atoms with Crippen molar-refractivity contribution in [1.82, 2.24) is 15.1 Å². The zero-order chi connectivity index (χ0) is 38.7. The monoisotopic (exact) mass is 771 g/mol. The zero-order valence-electron chi connectivity index (χ0n) is 33.9. The fourth-order valence-corrected chi connectivity index (χ4v) is 6.03. The number of aliphatic carboxylic acids is 2. The third-order valence-corrected chi connectivity index (χ3v) is 9.59. The molecule has 0 bridgehead atoms. The van der Waals surface area contributed by atoms with Crippen LogP contribution in [-0.2, 0) is 19.2 Å². The minimum absolute atomic E-state index is 0. The minimum Gasteiger partial charge on any atom is -0.480 e. The highest BCUT2D eigenvalue weighted by Gasteiger charge is 2.22. The third-order valence-electron chi connectivity index (χ3n) is 9.37. The predicted molar refractivity (Wildman–Crippen MR) is 217 cm³/mol. The highest BCUT2D eigenvalue weighted by Crippen LogP contribution is 2.20. The number of unbranched alkanes of at least 4 members (excludes halogenated alkanes) is 3. The summed E-state index contributed by atoms with van der Waals surface area (Å²) in [6.07, 6.45) is 17.6. The van der Waals surface area contributed by atoms with Gasteiger partial charge in [0.1, 0.15) is 5.88 Å². The number of hydrogen-bond donors (Lipinski definition) is 4. The Morgan fingerprint density at radius 2 is 0.902 bits per heavy atom. The van der Waals surface area contributed by atoms with Crippen LogP contribution in [0.4, 0.5) is 0 Å². The van der Waals surface area contributed by atoms with E-state index in [0.717, 1.165) is 64.7 Å². The molecule has 4 atom stereocenters. The first-order chi connectivity index (χ1) is 23.9. The second-order valence-corrected chi connectivity index (χ2v) is 13.9. The second kappa shape index (κ2) is 39.6. The average molecular weight is 772 g/mol. The van der Waals surface area contributed by atoms with Crippen LogP contribution < -0.4 is 11.1 Å². The molecule has 0 aliphatic heterocycles. The first kappa shape index (κ1) is 56.1. The number of carboxylic acids is 2. The van der Waals surface area contributed by atoms with E-state index in [-0.39, 0.29) is 49.7 Å². The van der Waals surface area contributed by atoms with Crippen molar-refractivity contribution >= 4 is 47.8 Å². The molecule has 12 heteroatoms. The Kier molecular flexibility index (Phi) is 43.6. The molecule has 51 heavy (non-hydrogen) atoms. The molecule has 0 heterocycles. The van der Waals surface area contributed by atoms with E-state index in [9.17, 15) is 19.2 Å². The van der Waals surface area contributed by atoms with Crippen LogP contribution in [0.1, 0.15) is 152 Å². The van der Waals surface area contributed by atoms with Crippen molar-refractivity contribution in [2.45, 2.75) is 152 Å². The van der Waals surface area contributed by atoms with E-state index in [0.29, 0.717) is 23.7 Å². The van der Waals surface area contributed by atoms with Crippen LogP contribution in [0, 0.1) is 23.7 Å². The normalized spacial score (nSPS) is 12.8. The lowest BCUT2D eigenvalue weighted by Gasteiger charge is -2.31. The average Bonchev–Trinajstić information content (AvgIpc) is 3.11. The van der Waals surface area contributed by atoms with E-state index in [4.69, 9.17) is 21.8 Å². The van der Waals surface area contributed by atoms with Gasteiger partial charge in [0.2, 0.25) is 11.8 Å². The summed E-state index contributed by atoms with van der Waals surface area (Å²) in [5, 5.41) is 19.1. The van der Waals surface area contributed by atoms with Gasteiger partial charge in [-0.15, -0.1) is 24.0 Å². The molecule has 2 amide bonds. The number of nitrogens with one attached hydrogen (secondary N) is 1. The molecule has 0 aromatic carbocycles. The lowest BCUT2D eigenvalue weighted by Crippen LogP contribution is -2.44. The van der Waals surface area contributed by atoms with Crippen LogP contribution in [0.2, 0.25) is 0 Å². The predicted octanol–water partition coefficient (Wildman–Crippen LogP) is 8.47. The van der Waals surface area contributed by atoms with Crippen molar-refractivity contribution < 1.29 is 29.4 Å². The Bertz CT molecular complexity index is 822. The summed E-state index contributed by atoms with van der Waals surface area (Å²) in [5.74, 6) is 0.680. The van der Waals surface area contributed by atoms with Gasteiger partial charge in [-0.3, -0.25) is 24.5 Å². The van der Waals surface area contributed by atoms with Crippen molar-refractivity contribution in [1.29, 1.82) is 0 Å². The van der Waals surface area contributed by atoms with Crippen LogP contribution in [-0.4, -0.2) is 95.5 Å². The number of alkyl halides is 1. The number of nitrogens with two attached hydrogens (primary N) is 1. The Labute approximate surface area is 324 Å². The molecule has 0 radical (unpaired) electrons. The number of hydrogen-bond acceptors (Lipinski definition) is 6. The van der Waals surface area contributed by atoms with E-state index < -0.39 is 11.9 Å². The van der Waals surface area contributed by atoms with Crippen LogP contribution in [0.25, 0.3) is 0 Å². The summed E-state index contributed by atoms with van der Waals surface area (Å²) in [6, 6.07) is 0. The molecular weight excluding hydrogens is 691 g/mol. The van der Waals surface area contributed by atoms with E-state index in [1.54, 1.807) is 0 Å². The molecule has 0 spiro atoms. The van der Waals surface area contributed by atoms with Crippen molar-refractivity contribution in [3.8, 4) is 0 Å². The van der Waals surface area contributed by atoms with Gasteiger partial charge >= 0.3 is 11.9 Å². The van der Waals surface area contributed by atoms with Gasteiger partial charge in [-0.25, -0.2) is 0 Å². The molecule has 0 fully saturated rings. The summed E-state index contributed by atoms with van der Waals surface area (Å²) >= 11 is 5.79. The van der Waals surface area contributed by atoms with E-state index in [1.807, 2.05) is 9.80 Å². The van der Waals surface area contributed by atoms with Gasteiger partial charge < -0.3 is 25.7 Å². The minimum atomic E-state index is -0.968. The summed E-state index contributed by atoms with van der Waals surface area (Å²) in [6.45, 7) is 20.7. The van der Waals surface area contributed by atoms with Gasteiger partial charge in [0.15, 0.2) is 0 Å². The fraction of sp³-hybridized carbons (Fsp3) is 0.897. The smallest absolute Gasteiger partial charge is 0.317 e. The first-order valence-corrected chi connectivity index (χ1v) is 20.4. The van der Waals surface area contributed by atoms with Crippen molar-refractivity contribution in [3.05, 3.63) is 0 Å². The topological polar surface area (TPSA) is 153 Å². The standard InChI is InChI=1S/C20H40N2O3.C17H34ClNO.C2H5NO2.ClH/c1-5-9-11-17(7-3)15-22(16-18(8-4)12-10-6-2)19(23)13-21-14-20(24)25;1-5-9-11-16(8-4)14-19(17(20)12-18)13-15(7-3)10-6-2;3-1-2(4)5;/h17-18,21H,5-16H2,1-4H3,(H,24,25);15-16H,5-14H2,1-4H3;1,3H2,(H,4,5);1H. The Morgan fingerprint density at radius 1 is 0.569 bits per heavy atom. The Hall–Kier alpha value is -1.62. The first-order valence-electron chi connectivity index (χ1n) is 19.8. The van der Waals surface area contributed by atoms with Gasteiger partial charge in [-0.1, -0.05) is 126 Å². The number of amides is 2. The van der Waals surface area contributed by atoms with Crippen LogP contribution in [0.5, 0.6) is 0 Å². The summed E-state index contributed by atoms with van der Waals surface area (Å²) in [5.41, 5.74) is 4.57. The van der Waals surface area contributed by atoms with Gasteiger partial charge in [0.05, 0.1) is 19.6 Å². The molecule has 306 valence electrons. The van der Waals surface area contributed by atoms with Gasteiger partial charge in [-0.2, -0.15) is 0 Å². The van der Waals surface area contributed by atoms with E-state index in [2.05, 4.69) is 66.4 Å². The molecule has 0 aromatic heterocycles. The van der Waals surface area contributed by atoms with Gasteiger partial charge in [-0.05, 0) is 49.4 Å². The highest BCUT2D eigenvalue weighted by atomic mass is 35.5. The fourth-order valence-electron chi connectivity index (χ4n) is 5.86. The maximum absolute atomic E-state index is 12.6. The summed E-state index contributed by atoms with van der Waals surface area (Å²) in [4.78, 5) is 48.6. The van der Waals surface area contributed by atoms with Crippen molar-refractivity contribution in [3.63, 3.8) is 0 Å². The highest BCUT2D eigenvalue weighted by molar-refractivity contribution is 6.27.